The van der Waals surface area contributed by atoms with Crippen LogP contribution in [0.4, 0.5) is 0 Å². The largest absolute Gasteiger partial charge is 0.387 e. The van der Waals surface area contributed by atoms with Gasteiger partial charge in [0.1, 0.15) is 0 Å². The molecule has 0 amide bonds. The number of nitrogens with zero attached hydrogens (tertiary/aromatic N) is 2. The highest BCUT2D eigenvalue weighted by Gasteiger charge is 2.17. The number of aromatic nitrogens is 1. The Morgan fingerprint density at radius 2 is 1.68 bits per heavy atom. The first-order chi connectivity index (χ1) is 11.8. The third kappa shape index (κ3) is 4.08. The van der Waals surface area contributed by atoms with Crippen LogP contribution in [0.25, 0.3) is 22.2 Å². The molecule has 0 radical (unpaired) electrons. The van der Waals surface area contributed by atoms with Crippen LogP contribution in [0.3, 0.4) is 0 Å². The molecule has 130 valence electrons. The summed E-state index contributed by atoms with van der Waals surface area (Å²) < 4.78 is 0. The molecule has 1 unspecified atom stereocenters. The van der Waals surface area contributed by atoms with E-state index in [9.17, 15) is 5.11 Å². The highest BCUT2D eigenvalue weighted by molar-refractivity contribution is 6.38. The van der Waals surface area contributed by atoms with Crippen LogP contribution in [0, 0.1) is 0 Å². The summed E-state index contributed by atoms with van der Waals surface area (Å²) in [6.45, 7) is 0.475. The number of rotatable bonds is 4. The Bertz CT molecular complexity index is 911. The second-order valence-corrected chi connectivity index (χ2v) is 7.45. The van der Waals surface area contributed by atoms with Crippen molar-refractivity contribution in [1.82, 2.24) is 9.88 Å². The Kier molecular flexibility index (Phi) is 5.52. The Morgan fingerprint density at radius 1 is 1.00 bits per heavy atom. The van der Waals surface area contributed by atoms with Gasteiger partial charge in [0.05, 0.1) is 22.3 Å². The van der Waals surface area contributed by atoms with Gasteiger partial charge in [0.15, 0.2) is 0 Å². The summed E-state index contributed by atoms with van der Waals surface area (Å²) in [6.07, 6.45) is -0.693. The maximum absolute atomic E-state index is 10.7. The van der Waals surface area contributed by atoms with E-state index in [2.05, 4.69) is 4.98 Å². The van der Waals surface area contributed by atoms with Crippen molar-refractivity contribution in [3.8, 4) is 11.3 Å². The maximum atomic E-state index is 10.7. The second-order valence-electron chi connectivity index (χ2n) is 6.17. The van der Waals surface area contributed by atoms with Gasteiger partial charge in [-0.3, -0.25) is 0 Å². The van der Waals surface area contributed by atoms with E-state index in [1.807, 2.05) is 49.3 Å². The van der Waals surface area contributed by atoms with Crippen LogP contribution in [0.15, 0.2) is 42.5 Å². The molecule has 0 aliphatic carbocycles. The molecular formula is C19H17Cl3N2O. The van der Waals surface area contributed by atoms with Gasteiger partial charge in [0.2, 0.25) is 0 Å². The molecular weight excluding hydrogens is 379 g/mol. The third-order valence-corrected chi connectivity index (χ3v) is 4.66. The smallest absolute Gasteiger partial charge is 0.0924 e. The van der Waals surface area contributed by atoms with Crippen molar-refractivity contribution in [2.45, 2.75) is 6.10 Å². The summed E-state index contributed by atoms with van der Waals surface area (Å²) in [5.74, 6) is 0. The summed E-state index contributed by atoms with van der Waals surface area (Å²) in [6, 6.07) is 12.7. The molecule has 0 saturated carbocycles. The van der Waals surface area contributed by atoms with Crippen molar-refractivity contribution >= 4 is 45.7 Å². The molecule has 3 nitrogen and oxygen atoms in total. The predicted octanol–water partition coefficient (Wildman–Crippen LogP) is 5.46. The molecule has 3 rings (SSSR count). The molecule has 2 aromatic carbocycles. The number of aliphatic hydroxyl groups is 1. The van der Waals surface area contributed by atoms with Crippen molar-refractivity contribution in [2.24, 2.45) is 0 Å². The van der Waals surface area contributed by atoms with Crippen molar-refractivity contribution in [3.05, 3.63) is 63.1 Å². The standard InChI is InChI=1S/C19H17Cl3N2O/c1-24(2)10-18(25)14-9-17(11-3-5-12(20)6-4-11)23-19-15(14)7-13(21)8-16(19)22/h3-9,18,25H,10H2,1-2H3. The van der Waals surface area contributed by atoms with Gasteiger partial charge in [-0.05, 0) is 50.0 Å². The van der Waals surface area contributed by atoms with Crippen LogP contribution in [-0.2, 0) is 0 Å². The molecule has 0 bridgehead atoms. The van der Waals surface area contributed by atoms with Gasteiger partial charge in [-0.1, -0.05) is 46.9 Å². The van der Waals surface area contributed by atoms with Gasteiger partial charge in [-0.15, -0.1) is 0 Å². The first kappa shape index (κ1) is 18.4. The molecule has 1 heterocycles. The third-order valence-electron chi connectivity index (χ3n) is 3.90. The first-order valence-corrected chi connectivity index (χ1v) is 8.87. The maximum Gasteiger partial charge on any atom is 0.0924 e. The fourth-order valence-electron chi connectivity index (χ4n) is 2.77. The Labute approximate surface area is 161 Å². The van der Waals surface area contributed by atoms with Gasteiger partial charge < -0.3 is 10.0 Å². The van der Waals surface area contributed by atoms with Gasteiger partial charge >= 0.3 is 0 Å². The Balaban J connectivity index is 2.24. The number of aliphatic hydroxyl groups excluding tert-OH is 1. The molecule has 1 atom stereocenters. The molecule has 25 heavy (non-hydrogen) atoms. The van der Waals surface area contributed by atoms with Crippen LogP contribution >= 0.6 is 34.8 Å². The summed E-state index contributed by atoms with van der Waals surface area (Å²) in [5.41, 5.74) is 2.98. The molecule has 0 saturated heterocycles. The van der Waals surface area contributed by atoms with Crippen LogP contribution in [-0.4, -0.2) is 35.6 Å². The number of hydrogen-bond acceptors (Lipinski definition) is 3. The number of halogens is 3. The van der Waals surface area contributed by atoms with Crippen LogP contribution in [0.5, 0.6) is 0 Å². The zero-order chi connectivity index (χ0) is 18.1. The van der Waals surface area contributed by atoms with Gasteiger partial charge in [0.25, 0.3) is 0 Å². The molecule has 0 aliphatic heterocycles. The zero-order valence-corrected chi connectivity index (χ0v) is 16.1. The first-order valence-electron chi connectivity index (χ1n) is 7.73. The summed E-state index contributed by atoms with van der Waals surface area (Å²) in [4.78, 5) is 6.60. The van der Waals surface area contributed by atoms with Crippen molar-refractivity contribution in [3.63, 3.8) is 0 Å². The average Bonchev–Trinajstić information content (AvgIpc) is 2.54. The number of hydrogen-bond donors (Lipinski definition) is 1. The van der Waals surface area contributed by atoms with Gasteiger partial charge in [0, 0.05) is 27.5 Å². The minimum atomic E-state index is -0.693. The molecule has 0 spiro atoms. The molecule has 3 aromatic rings. The lowest BCUT2D eigenvalue weighted by Crippen LogP contribution is -2.20. The number of fused-ring (bicyclic) bond motifs is 1. The quantitative estimate of drug-likeness (QED) is 0.637. The monoisotopic (exact) mass is 394 g/mol. The van der Waals surface area contributed by atoms with E-state index in [0.29, 0.717) is 27.1 Å². The lowest BCUT2D eigenvalue weighted by atomic mass is 10.00. The van der Waals surface area contributed by atoms with E-state index in [4.69, 9.17) is 34.8 Å². The highest BCUT2D eigenvalue weighted by atomic mass is 35.5. The van der Waals surface area contributed by atoms with Crippen molar-refractivity contribution < 1.29 is 5.11 Å². The average molecular weight is 396 g/mol. The topological polar surface area (TPSA) is 36.4 Å². The van der Waals surface area contributed by atoms with Crippen LogP contribution in [0.1, 0.15) is 11.7 Å². The van der Waals surface area contributed by atoms with E-state index in [1.54, 1.807) is 12.1 Å². The lowest BCUT2D eigenvalue weighted by molar-refractivity contribution is 0.139. The predicted molar refractivity (Wildman–Crippen MR) is 106 cm³/mol. The van der Waals surface area contributed by atoms with E-state index < -0.39 is 6.10 Å². The van der Waals surface area contributed by atoms with E-state index in [0.717, 1.165) is 22.2 Å². The van der Waals surface area contributed by atoms with Crippen molar-refractivity contribution in [1.29, 1.82) is 0 Å². The Morgan fingerprint density at radius 3 is 2.32 bits per heavy atom. The van der Waals surface area contributed by atoms with E-state index in [1.165, 1.54) is 0 Å². The fraction of sp³-hybridized carbons (Fsp3) is 0.211. The zero-order valence-electron chi connectivity index (χ0n) is 13.8. The van der Waals surface area contributed by atoms with Gasteiger partial charge in [-0.25, -0.2) is 4.98 Å². The minimum Gasteiger partial charge on any atom is -0.387 e. The van der Waals surface area contributed by atoms with E-state index >= 15 is 0 Å². The summed E-state index contributed by atoms with van der Waals surface area (Å²) in [7, 11) is 3.82. The number of likely N-dealkylation sites (N-methyl/N-ethyl adjacent to an activating group) is 1. The molecule has 1 aromatic heterocycles. The van der Waals surface area contributed by atoms with Crippen molar-refractivity contribution in [2.75, 3.05) is 20.6 Å². The minimum absolute atomic E-state index is 0.455. The lowest BCUT2D eigenvalue weighted by Gasteiger charge is -2.19. The molecule has 6 heteroatoms. The highest BCUT2D eigenvalue weighted by Crippen LogP contribution is 2.34. The normalized spacial score (nSPS) is 12.8. The number of pyridine rings is 1. The van der Waals surface area contributed by atoms with Crippen LogP contribution < -0.4 is 0 Å². The SMILES string of the molecule is CN(C)CC(O)c1cc(-c2ccc(Cl)cc2)nc2c(Cl)cc(Cl)cc12. The van der Waals surface area contributed by atoms with Crippen LogP contribution in [0.2, 0.25) is 15.1 Å². The van der Waals surface area contributed by atoms with E-state index in [-0.39, 0.29) is 0 Å². The van der Waals surface area contributed by atoms with Gasteiger partial charge in [-0.2, -0.15) is 0 Å². The molecule has 0 fully saturated rings. The molecule has 1 N–H and O–H groups in total. The Hall–Kier alpha value is -1.36. The second kappa shape index (κ2) is 7.48. The fourth-order valence-corrected chi connectivity index (χ4v) is 3.43. The summed E-state index contributed by atoms with van der Waals surface area (Å²) in [5, 5.41) is 13.1. The molecule has 0 aliphatic rings. The number of benzene rings is 2. The summed E-state index contributed by atoms with van der Waals surface area (Å²) >= 11 is 18.5.